The molecule has 2 aliphatic heterocycles. The number of hydrogen-bond donors (Lipinski definition) is 1. The molecule has 2 rings (SSSR count). The van der Waals surface area contributed by atoms with E-state index in [4.69, 9.17) is 4.74 Å². The molecule has 2 heterocycles. The number of likely N-dealkylation sites (N-methyl/N-ethyl adjacent to an activating group) is 1. The van der Waals surface area contributed by atoms with E-state index >= 15 is 0 Å². The molecule has 0 radical (unpaired) electrons. The Hall–Kier alpha value is -0.120. The monoisotopic (exact) mass is 240 g/mol. The summed E-state index contributed by atoms with van der Waals surface area (Å²) in [5.41, 5.74) is 0. The van der Waals surface area contributed by atoms with Gasteiger partial charge in [0.25, 0.3) is 0 Å². The molecule has 0 bridgehead atoms. The van der Waals surface area contributed by atoms with Crippen molar-refractivity contribution in [1.82, 2.24) is 10.2 Å². The van der Waals surface area contributed by atoms with Crippen LogP contribution < -0.4 is 5.32 Å². The first-order valence-electron chi connectivity index (χ1n) is 7.30. The first kappa shape index (κ1) is 13.3. The lowest BCUT2D eigenvalue weighted by Gasteiger charge is -2.33. The number of nitrogens with zero attached hydrogens (tertiary/aromatic N) is 1. The highest BCUT2D eigenvalue weighted by molar-refractivity contribution is 4.83. The van der Waals surface area contributed by atoms with Crippen LogP contribution in [-0.2, 0) is 4.74 Å². The Kier molecular flexibility index (Phi) is 5.26. The Labute approximate surface area is 106 Å². The standard InChI is InChI=1S/C14H28N2O/c1-12-6-4-3-5-8-16(12)10-14(15-2)13-7-9-17-11-13/h12-15H,3-11H2,1-2H3. The predicted molar refractivity (Wildman–Crippen MR) is 71.3 cm³/mol. The highest BCUT2D eigenvalue weighted by atomic mass is 16.5. The second-order valence-corrected chi connectivity index (χ2v) is 5.71. The largest absolute Gasteiger partial charge is 0.381 e. The summed E-state index contributed by atoms with van der Waals surface area (Å²) < 4.78 is 5.52. The average molecular weight is 240 g/mol. The second-order valence-electron chi connectivity index (χ2n) is 5.71. The molecule has 0 amide bonds. The van der Waals surface area contributed by atoms with Gasteiger partial charge in [0.05, 0.1) is 6.61 Å². The van der Waals surface area contributed by atoms with Crippen LogP contribution in [0.25, 0.3) is 0 Å². The molecule has 0 aliphatic carbocycles. The van der Waals surface area contributed by atoms with Crippen molar-refractivity contribution in [3.8, 4) is 0 Å². The van der Waals surface area contributed by atoms with Gasteiger partial charge in [0.15, 0.2) is 0 Å². The predicted octanol–water partition coefficient (Wildman–Crippen LogP) is 1.88. The highest BCUT2D eigenvalue weighted by Crippen LogP contribution is 2.21. The minimum Gasteiger partial charge on any atom is -0.381 e. The van der Waals surface area contributed by atoms with E-state index in [-0.39, 0.29) is 0 Å². The quantitative estimate of drug-likeness (QED) is 0.812. The van der Waals surface area contributed by atoms with Gasteiger partial charge in [-0.25, -0.2) is 0 Å². The summed E-state index contributed by atoms with van der Waals surface area (Å²) >= 11 is 0. The number of ether oxygens (including phenoxy) is 1. The van der Waals surface area contributed by atoms with Crippen LogP contribution in [0.4, 0.5) is 0 Å². The van der Waals surface area contributed by atoms with Crippen LogP contribution in [-0.4, -0.2) is 50.3 Å². The lowest BCUT2D eigenvalue weighted by atomic mass is 9.98. The molecule has 0 saturated carbocycles. The molecule has 2 saturated heterocycles. The Morgan fingerprint density at radius 2 is 2.18 bits per heavy atom. The molecule has 0 spiro atoms. The molecule has 2 fully saturated rings. The maximum absolute atomic E-state index is 5.52. The number of nitrogens with one attached hydrogen (secondary N) is 1. The summed E-state index contributed by atoms with van der Waals surface area (Å²) in [6, 6.07) is 1.37. The minimum atomic E-state index is 0.609. The maximum atomic E-state index is 5.52. The van der Waals surface area contributed by atoms with E-state index in [0.717, 1.165) is 25.2 Å². The summed E-state index contributed by atoms with van der Waals surface area (Å²) in [6.07, 6.45) is 6.80. The molecule has 3 nitrogen and oxygen atoms in total. The van der Waals surface area contributed by atoms with E-state index in [1.165, 1.54) is 45.2 Å². The van der Waals surface area contributed by atoms with E-state index in [0.29, 0.717) is 6.04 Å². The van der Waals surface area contributed by atoms with Crippen LogP contribution in [0.2, 0.25) is 0 Å². The smallest absolute Gasteiger partial charge is 0.0510 e. The maximum Gasteiger partial charge on any atom is 0.0510 e. The average Bonchev–Trinajstić information content (AvgIpc) is 2.79. The van der Waals surface area contributed by atoms with Crippen LogP contribution in [0, 0.1) is 5.92 Å². The first-order chi connectivity index (χ1) is 8.31. The molecule has 0 aromatic heterocycles. The van der Waals surface area contributed by atoms with Crippen LogP contribution >= 0.6 is 0 Å². The molecule has 0 aromatic rings. The third-order valence-electron chi connectivity index (χ3n) is 4.53. The van der Waals surface area contributed by atoms with Gasteiger partial charge in [0.2, 0.25) is 0 Å². The molecule has 3 atom stereocenters. The van der Waals surface area contributed by atoms with Gasteiger partial charge in [-0.1, -0.05) is 12.8 Å². The van der Waals surface area contributed by atoms with Gasteiger partial charge in [-0.05, 0) is 39.8 Å². The van der Waals surface area contributed by atoms with Crippen molar-refractivity contribution < 1.29 is 4.74 Å². The summed E-state index contributed by atoms with van der Waals surface area (Å²) in [5.74, 6) is 0.718. The van der Waals surface area contributed by atoms with Gasteiger partial charge >= 0.3 is 0 Å². The van der Waals surface area contributed by atoms with Crippen LogP contribution in [0.5, 0.6) is 0 Å². The minimum absolute atomic E-state index is 0.609. The molecule has 2 aliphatic rings. The van der Waals surface area contributed by atoms with Crippen LogP contribution in [0.1, 0.15) is 39.0 Å². The summed E-state index contributed by atoms with van der Waals surface area (Å²) in [5, 5.41) is 3.51. The van der Waals surface area contributed by atoms with Gasteiger partial charge in [-0.15, -0.1) is 0 Å². The van der Waals surface area contributed by atoms with Crippen molar-refractivity contribution in [2.24, 2.45) is 5.92 Å². The van der Waals surface area contributed by atoms with Crippen LogP contribution in [0.15, 0.2) is 0 Å². The molecule has 3 unspecified atom stereocenters. The lowest BCUT2D eigenvalue weighted by Crippen LogP contribution is -2.47. The van der Waals surface area contributed by atoms with Gasteiger partial charge < -0.3 is 10.1 Å². The highest BCUT2D eigenvalue weighted by Gasteiger charge is 2.28. The van der Waals surface area contributed by atoms with Gasteiger partial charge in [-0.3, -0.25) is 4.90 Å². The fraction of sp³-hybridized carbons (Fsp3) is 1.00. The summed E-state index contributed by atoms with van der Waals surface area (Å²) in [7, 11) is 2.10. The second kappa shape index (κ2) is 6.72. The summed E-state index contributed by atoms with van der Waals surface area (Å²) in [4.78, 5) is 2.69. The topological polar surface area (TPSA) is 24.5 Å². The number of likely N-dealkylation sites (tertiary alicyclic amines) is 1. The fourth-order valence-electron chi connectivity index (χ4n) is 3.20. The molecular weight excluding hydrogens is 212 g/mol. The molecule has 17 heavy (non-hydrogen) atoms. The van der Waals surface area contributed by atoms with Crippen molar-refractivity contribution >= 4 is 0 Å². The third-order valence-corrected chi connectivity index (χ3v) is 4.53. The van der Waals surface area contributed by atoms with E-state index in [1.807, 2.05) is 0 Å². The molecule has 3 heteroatoms. The Morgan fingerprint density at radius 3 is 2.88 bits per heavy atom. The van der Waals surface area contributed by atoms with Crippen molar-refractivity contribution in [1.29, 1.82) is 0 Å². The third kappa shape index (κ3) is 3.67. The van der Waals surface area contributed by atoms with E-state index in [9.17, 15) is 0 Å². The lowest BCUT2D eigenvalue weighted by molar-refractivity contribution is 0.148. The van der Waals surface area contributed by atoms with E-state index < -0.39 is 0 Å². The Balaban J connectivity index is 1.87. The zero-order valence-corrected chi connectivity index (χ0v) is 11.5. The Bertz CT molecular complexity index is 216. The van der Waals surface area contributed by atoms with Gasteiger partial charge in [-0.2, -0.15) is 0 Å². The number of rotatable bonds is 4. The fourth-order valence-corrected chi connectivity index (χ4v) is 3.20. The first-order valence-corrected chi connectivity index (χ1v) is 7.30. The van der Waals surface area contributed by atoms with E-state index in [1.54, 1.807) is 0 Å². The zero-order chi connectivity index (χ0) is 12.1. The van der Waals surface area contributed by atoms with Gasteiger partial charge in [0, 0.05) is 31.2 Å². The van der Waals surface area contributed by atoms with Gasteiger partial charge in [0.1, 0.15) is 0 Å². The number of hydrogen-bond acceptors (Lipinski definition) is 3. The van der Waals surface area contributed by atoms with E-state index in [2.05, 4.69) is 24.2 Å². The molecular formula is C14H28N2O. The van der Waals surface area contributed by atoms with Crippen LogP contribution in [0.3, 0.4) is 0 Å². The summed E-state index contributed by atoms with van der Waals surface area (Å²) in [6.45, 7) is 6.79. The normalized spacial score (nSPS) is 33.5. The van der Waals surface area contributed by atoms with Crippen molar-refractivity contribution in [3.05, 3.63) is 0 Å². The molecule has 0 aromatic carbocycles. The van der Waals surface area contributed by atoms with Crippen molar-refractivity contribution in [2.45, 2.75) is 51.1 Å². The molecule has 100 valence electrons. The molecule has 1 N–H and O–H groups in total. The zero-order valence-electron chi connectivity index (χ0n) is 11.5. The van der Waals surface area contributed by atoms with Crippen molar-refractivity contribution in [3.63, 3.8) is 0 Å². The van der Waals surface area contributed by atoms with Crippen molar-refractivity contribution in [2.75, 3.05) is 33.4 Å². The SMILES string of the molecule is CNC(CN1CCCCCC1C)C1CCOC1. The Morgan fingerprint density at radius 1 is 1.29 bits per heavy atom.